The Bertz CT molecular complexity index is 970. The molecule has 6 heteroatoms. The summed E-state index contributed by atoms with van der Waals surface area (Å²) < 4.78 is 10.9. The monoisotopic (exact) mass is 391 g/mol. The van der Waals surface area contributed by atoms with E-state index < -0.39 is 0 Å². The van der Waals surface area contributed by atoms with E-state index in [2.05, 4.69) is 10.1 Å². The van der Waals surface area contributed by atoms with Gasteiger partial charge in [-0.05, 0) is 37.0 Å². The van der Waals surface area contributed by atoms with Gasteiger partial charge in [-0.3, -0.25) is 4.79 Å². The maximum absolute atomic E-state index is 13.3. The van der Waals surface area contributed by atoms with Gasteiger partial charge in [-0.25, -0.2) is 0 Å². The third kappa shape index (κ3) is 3.88. The predicted molar refractivity (Wildman–Crippen MR) is 109 cm³/mol. The summed E-state index contributed by atoms with van der Waals surface area (Å²) in [5, 5.41) is 4.14. The van der Waals surface area contributed by atoms with E-state index in [-0.39, 0.29) is 17.9 Å². The Hall–Kier alpha value is -3.15. The zero-order chi connectivity index (χ0) is 20.2. The van der Waals surface area contributed by atoms with Crippen molar-refractivity contribution in [1.29, 1.82) is 0 Å². The van der Waals surface area contributed by atoms with Crippen molar-refractivity contribution in [3.63, 3.8) is 0 Å². The Kier molecular flexibility index (Phi) is 5.60. The Morgan fingerprint density at radius 1 is 1.24 bits per heavy atom. The van der Waals surface area contributed by atoms with E-state index in [0.717, 1.165) is 36.1 Å². The Balaban J connectivity index is 1.57. The number of nitrogens with zero attached hydrogens (tertiary/aromatic N) is 3. The molecule has 1 aliphatic rings. The number of rotatable bonds is 6. The molecule has 1 amide bonds. The zero-order valence-electron chi connectivity index (χ0n) is 16.7. The van der Waals surface area contributed by atoms with Gasteiger partial charge in [-0.2, -0.15) is 4.98 Å². The molecule has 3 aromatic rings. The third-order valence-electron chi connectivity index (χ3n) is 5.50. The molecule has 0 spiro atoms. The molecular formula is C23H25N3O3. The van der Waals surface area contributed by atoms with Crippen molar-refractivity contribution in [1.82, 2.24) is 15.0 Å². The number of benzene rings is 2. The van der Waals surface area contributed by atoms with E-state index in [1.807, 2.05) is 66.4 Å². The van der Waals surface area contributed by atoms with Crippen molar-refractivity contribution < 1.29 is 14.1 Å². The van der Waals surface area contributed by atoms with Gasteiger partial charge in [-0.15, -0.1) is 0 Å². The van der Waals surface area contributed by atoms with Gasteiger partial charge in [0.1, 0.15) is 11.8 Å². The number of likely N-dealkylation sites (tertiary alicyclic amines) is 1. The molecule has 150 valence electrons. The summed E-state index contributed by atoms with van der Waals surface area (Å²) in [7, 11) is 1.62. The lowest BCUT2D eigenvalue weighted by atomic mass is 9.94. The van der Waals surface area contributed by atoms with Gasteiger partial charge in [0.05, 0.1) is 13.0 Å². The first-order chi connectivity index (χ1) is 14.2. The maximum Gasteiger partial charge on any atom is 0.249 e. The molecule has 1 aromatic heterocycles. The highest BCUT2D eigenvalue weighted by Crippen LogP contribution is 2.35. The first-order valence-corrected chi connectivity index (χ1v) is 10.0. The molecule has 0 N–H and O–H groups in total. The van der Waals surface area contributed by atoms with Crippen molar-refractivity contribution >= 4 is 5.91 Å². The highest BCUT2D eigenvalue weighted by atomic mass is 16.5. The molecule has 1 fully saturated rings. The molecule has 1 aliphatic heterocycles. The van der Waals surface area contributed by atoms with E-state index in [4.69, 9.17) is 9.26 Å². The molecular weight excluding hydrogens is 366 g/mol. The molecule has 0 bridgehead atoms. The number of carbonyl (C=O) groups excluding carboxylic acids is 1. The summed E-state index contributed by atoms with van der Waals surface area (Å²) in [6, 6.07) is 17.3. The number of hydrogen-bond donors (Lipinski definition) is 0. The van der Waals surface area contributed by atoms with Crippen LogP contribution in [0.5, 0.6) is 5.75 Å². The summed E-state index contributed by atoms with van der Waals surface area (Å²) in [5.41, 5.74) is 1.87. The van der Waals surface area contributed by atoms with Crippen LogP contribution in [-0.4, -0.2) is 34.6 Å². The van der Waals surface area contributed by atoms with Gasteiger partial charge in [0, 0.05) is 12.1 Å². The summed E-state index contributed by atoms with van der Waals surface area (Å²) in [4.78, 5) is 19.8. The highest BCUT2D eigenvalue weighted by Gasteiger charge is 2.37. The molecule has 2 aromatic carbocycles. The van der Waals surface area contributed by atoms with E-state index in [0.29, 0.717) is 18.3 Å². The standard InChI is InChI=1S/C23H25N3O3/c1-3-19(16-9-5-4-6-10-16)23(27)26-14-8-13-20(26)22-24-21(25-29-22)17-11-7-12-18(15-17)28-2/h4-7,9-12,15,19-20H,3,8,13-14H2,1-2H3/t19-,20+/m1/s1. The van der Waals surface area contributed by atoms with Crippen LogP contribution in [0.25, 0.3) is 11.4 Å². The number of aromatic nitrogens is 2. The van der Waals surface area contributed by atoms with Crippen LogP contribution in [0.1, 0.15) is 49.6 Å². The SMILES string of the molecule is CC[C@@H](C(=O)N1CCC[C@H]1c1nc(-c2cccc(OC)c2)no1)c1ccccc1. The van der Waals surface area contributed by atoms with Crippen LogP contribution in [-0.2, 0) is 4.79 Å². The fourth-order valence-electron chi connectivity index (χ4n) is 3.98. The number of ether oxygens (including phenoxy) is 1. The molecule has 0 aliphatic carbocycles. The second-order valence-electron chi connectivity index (χ2n) is 7.25. The fraction of sp³-hybridized carbons (Fsp3) is 0.348. The Morgan fingerprint density at radius 2 is 2.07 bits per heavy atom. The zero-order valence-corrected chi connectivity index (χ0v) is 16.7. The lowest BCUT2D eigenvalue weighted by molar-refractivity contribution is -0.134. The van der Waals surface area contributed by atoms with Crippen molar-refractivity contribution in [2.75, 3.05) is 13.7 Å². The van der Waals surface area contributed by atoms with E-state index in [1.54, 1.807) is 7.11 Å². The topological polar surface area (TPSA) is 68.5 Å². The largest absolute Gasteiger partial charge is 0.497 e. The maximum atomic E-state index is 13.3. The lowest BCUT2D eigenvalue weighted by Gasteiger charge is -2.26. The van der Waals surface area contributed by atoms with Crippen LogP contribution in [0.4, 0.5) is 0 Å². The molecule has 4 rings (SSSR count). The predicted octanol–water partition coefficient (Wildman–Crippen LogP) is 4.60. The quantitative estimate of drug-likeness (QED) is 0.614. The minimum absolute atomic E-state index is 0.127. The van der Waals surface area contributed by atoms with Crippen molar-refractivity contribution in [3.8, 4) is 17.1 Å². The van der Waals surface area contributed by atoms with Crippen LogP contribution in [0.2, 0.25) is 0 Å². The Labute approximate surface area is 170 Å². The molecule has 0 unspecified atom stereocenters. The van der Waals surface area contributed by atoms with Gasteiger partial charge in [0.15, 0.2) is 0 Å². The van der Waals surface area contributed by atoms with Crippen molar-refractivity contribution in [2.45, 2.75) is 38.1 Å². The normalized spacial score (nSPS) is 17.3. The summed E-state index contributed by atoms with van der Waals surface area (Å²) >= 11 is 0. The van der Waals surface area contributed by atoms with E-state index >= 15 is 0 Å². The second-order valence-corrected chi connectivity index (χ2v) is 7.25. The van der Waals surface area contributed by atoms with Crippen LogP contribution in [0.3, 0.4) is 0 Å². The van der Waals surface area contributed by atoms with Crippen molar-refractivity contribution in [2.24, 2.45) is 0 Å². The molecule has 0 radical (unpaired) electrons. The third-order valence-corrected chi connectivity index (χ3v) is 5.50. The van der Waals surface area contributed by atoms with Crippen LogP contribution >= 0.6 is 0 Å². The second kappa shape index (κ2) is 8.47. The first-order valence-electron chi connectivity index (χ1n) is 10.0. The minimum atomic E-state index is -0.174. The van der Waals surface area contributed by atoms with Gasteiger partial charge in [-0.1, -0.05) is 54.5 Å². The number of methoxy groups -OCH3 is 1. The number of carbonyl (C=O) groups is 1. The van der Waals surface area contributed by atoms with Gasteiger partial charge >= 0.3 is 0 Å². The number of amides is 1. The molecule has 6 nitrogen and oxygen atoms in total. The average molecular weight is 391 g/mol. The van der Waals surface area contributed by atoms with E-state index in [9.17, 15) is 4.79 Å². The van der Waals surface area contributed by atoms with Gasteiger partial charge in [0.2, 0.25) is 17.6 Å². The van der Waals surface area contributed by atoms with E-state index in [1.165, 1.54) is 0 Å². The smallest absolute Gasteiger partial charge is 0.249 e. The number of hydrogen-bond acceptors (Lipinski definition) is 5. The molecule has 2 heterocycles. The Morgan fingerprint density at radius 3 is 2.83 bits per heavy atom. The first kappa shape index (κ1) is 19.2. The lowest BCUT2D eigenvalue weighted by Crippen LogP contribution is -2.34. The van der Waals surface area contributed by atoms with Crippen molar-refractivity contribution in [3.05, 3.63) is 66.1 Å². The van der Waals surface area contributed by atoms with Crippen LogP contribution in [0.15, 0.2) is 59.1 Å². The fourth-order valence-corrected chi connectivity index (χ4v) is 3.98. The van der Waals surface area contributed by atoms with Crippen LogP contribution < -0.4 is 4.74 Å². The highest BCUT2D eigenvalue weighted by molar-refractivity contribution is 5.84. The summed E-state index contributed by atoms with van der Waals surface area (Å²) in [5.74, 6) is 1.71. The summed E-state index contributed by atoms with van der Waals surface area (Å²) in [6.07, 6.45) is 2.51. The summed E-state index contributed by atoms with van der Waals surface area (Å²) in [6.45, 7) is 2.76. The average Bonchev–Trinajstić information content (AvgIpc) is 3.44. The molecule has 0 saturated carbocycles. The molecule has 1 saturated heterocycles. The molecule has 29 heavy (non-hydrogen) atoms. The molecule has 2 atom stereocenters. The van der Waals surface area contributed by atoms with Gasteiger partial charge in [0.25, 0.3) is 0 Å². The van der Waals surface area contributed by atoms with Gasteiger partial charge < -0.3 is 14.2 Å². The minimum Gasteiger partial charge on any atom is -0.497 e. The van der Waals surface area contributed by atoms with Crippen LogP contribution in [0, 0.1) is 0 Å².